The van der Waals surface area contributed by atoms with Gasteiger partial charge in [0.05, 0.1) is 8.95 Å². The standard InChI is InChI=1S/C22H18Br2ClNO2/c1-14-9-19(23)21(20(24)10-14)28-13-15-5-7-17(8-6-15)22(27)26-12-16-3-2-4-18(25)11-16/h2-11H,12-13H2,1H3,(H,26,27). The molecule has 0 unspecified atom stereocenters. The molecule has 0 heterocycles. The van der Waals surface area contributed by atoms with Crippen molar-refractivity contribution in [2.24, 2.45) is 0 Å². The number of amides is 1. The molecule has 0 atom stereocenters. The summed E-state index contributed by atoms with van der Waals surface area (Å²) in [5, 5.41) is 3.55. The van der Waals surface area contributed by atoms with E-state index in [1.54, 1.807) is 18.2 Å². The van der Waals surface area contributed by atoms with Crippen LogP contribution in [0.15, 0.2) is 69.6 Å². The summed E-state index contributed by atoms with van der Waals surface area (Å²) in [4.78, 5) is 12.3. The van der Waals surface area contributed by atoms with Crippen LogP contribution >= 0.6 is 43.5 Å². The molecule has 0 spiro atoms. The minimum absolute atomic E-state index is 0.128. The van der Waals surface area contributed by atoms with Crippen LogP contribution in [0.5, 0.6) is 5.75 Å². The lowest BCUT2D eigenvalue weighted by molar-refractivity contribution is 0.0951. The van der Waals surface area contributed by atoms with Crippen LogP contribution in [0.25, 0.3) is 0 Å². The minimum atomic E-state index is -0.128. The van der Waals surface area contributed by atoms with Gasteiger partial charge in [-0.15, -0.1) is 0 Å². The van der Waals surface area contributed by atoms with Gasteiger partial charge in [-0.1, -0.05) is 35.9 Å². The van der Waals surface area contributed by atoms with E-state index in [1.165, 1.54) is 0 Å². The van der Waals surface area contributed by atoms with Crippen LogP contribution < -0.4 is 10.1 Å². The monoisotopic (exact) mass is 521 g/mol. The fourth-order valence-electron chi connectivity index (χ4n) is 2.66. The van der Waals surface area contributed by atoms with E-state index in [0.717, 1.165) is 31.4 Å². The Labute approximate surface area is 186 Å². The average Bonchev–Trinajstić information content (AvgIpc) is 2.66. The first-order chi connectivity index (χ1) is 13.4. The lowest BCUT2D eigenvalue weighted by atomic mass is 10.1. The average molecular weight is 524 g/mol. The summed E-state index contributed by atoms with van der Waals surface area (Å²) in [6, 6.07) is 18.8. The van der Waals surface area contributed by atoms with Crippen LogP contribution in [-0.4, -0.2) is 5.91 Å². The lowest BCUT2D eigenvalue weighted by Crippen LogP contribution is -2.22. The predicted octanol–water partition coefficient (Wildman–Crippen LogP) is 6.68. The van der Waals surface area contributed by atoms with Gasteiger partial charge in [0.25, 0.3) is 5.91 Å². The molecule has 0 saturated heterocycles. The Kier molecular flexibility index (Phi) is 7.16. The molecule has 0 aromatic heterocycles. The third kappa shape index (κ3) is 5.60. The quantitative estimate of drug-likeness (QED) is 0.391. The van der Waals surface area contributed by atoms with Crippen LogP contribution in [0.4, 0.5) is 0 Å². The van der Waals surface area contributed by atoms with Crippen molar-refractivity contribution in [2.75, 3.05) is 0 Å². The molecule has 0 fully saturated rings. The Balaban J connectivity index is 1.58. The van der Waals surface area contributed by atoms with Crippen molar-refractivity contribution >= 4 is 49.4 Å². The first-order valence-electron chi connectivity index (χ1n) is 8.62. The summed E-state index contributed by atoms with van der Waals surface area (Å²) in [6.07, 6.45) is 0. The Bertz CT molecular complexity index is 967. The highest BCUT2D eigenvalue weighted by Gasteiger charge is 2.09. The normalized spacial score (nSPS) is 10.6. The van der Waals surface area contributed by atoms with Gasteiger partial charge in [0.15, 0.2) is 0 Å². The van der Waals surface area contributed by atoms with E-state index < -0.39 is 0 Å². The third-order valence-electron chi connectivity index (χ3n) is 4.08. The molecule has 1 N–H and O–H groups in total. The second-order valence-electron chi connectivity index (χ2n) is 6.36. The van der Waals surface area contributed by atoms with Crippen molar-refractivity contribution in [3.8, 4) is 5.75 Å². The number of nitrogens with one attached hydrogen (secondary N) is 1. The molecule has 28 heavy (non-hydrogen) atoms. The molecule has 0 bridgehead atoms. The maximum absolute atomic E-state index is 12.3. The molecule has 3 aromatic carbocycles. The zero-order valence-electron chi connectivity index (χ0n) is 15.1. The lowest BCUT2D eigenvalue weighted by Gasteiger charge is -2.12. The molecule has 0 saturated carbocycles. The van der Waals surface area contributed by atoms with E-state index in [9.17, 15) is 4.79 Å². The van der Waals surface area contributed by atoms with Crippen molar-refractivity contribution < 1.29 is 9.53 Å². The van der Waals surface area contributed by atoms with Gasteiger partial charge in [-0.05, 0) is 91.9 Å². The molecule has 0 aliphatic carbocycles. The number of hydrogen-bond donors (Lipinski definition) is 1. The summed E-state index contributed by atoms with van der Waals surface area (Å²) in [5.74, 6) is 0.630. The number of halogens is 3. The largest absolute Gasteiger partial charge is 0.487 e. The number of aryl methyl sites for hydroxylation is 1. The number of ether oxygens (including phenoxy) is 1. The topological polar surface area (TPSA) is 38.3 Å². The molecule has 0 aliphatic heterocycles. The highest BCUT2D eigenvalue weighted by molar-refractivity contribution is 9.11. The van der Waals surface area contributed by atoms with Gasteiger partial charge in [-0.2, -0.15) is 0 Å². The van der Waals surface area contributed by atoms with E-state index in [4.69, 9.17) is 16.3 Å². The third-order valence-corrected chi connectivity index (χ3v) is 5.50. The zero-order valence-corrected chi connectivity index (χ0v) is 19.1. The van der Waals surface area contributed by atoms with Crippen molar-refractivity contribution in [3.63, 3.8) is 0 Å². The van der Waals surface area contributed by atoms with E-state index in [0.29, 0.717) is 23.7 Å². The molecule has 6 heteroatoms. The smallest absolute Gasteiger partial charge is 0.251 e. The second-order valence-corrected chi connectivity index (χ2v) is 8.50. The molecular weight excluding hydrogens is 506 g/mol. The fraction of sp³-hybridized carbons (Fsp3) is 0.136. The fourth-order valence-corrected chi connectivity index (χ4v) is 4.52. The van der Waals surface area contributed by atoms with Crippen LogP contribution in [-0.2, 0) is 13.2 Å². The Hall–Kier alpha value is -1.82. The van der Waals surface area contributed by atoms with Crippen LogP contribution in [0, 0.1) is 6.92 Å². The number of carbonyl (C=O) groups is 1. The summed E-state index contributed by atoms with van der Waals surface area (Å²) >= 11 is 13.0. The van der Waals surface area contributed by atoms with Gasteiger partial charge < -0.3 is 10.1 Å². The highest BCUT2D eigenvalue weighted by Crippen LogP contribution is 2.35. The first-order valence-corrected chi connectivity index (χ1v) is 10.6. The predicted molar refractivity (Wildman–Crippen MR) is 120 cm³/mol. The van der Waals surface area contributed by atoms with Crippen LogP contribution in [0.2, 0.25) is 5.02 Å². The Morgan fingerprint density at radius 2 is 1.68 bits per heavy atom. The van der Waals surface area contributed by atoms with Crippen molar-refractivity contribution in [1.82, 2.24) is 5.32 Å². The van der Waals surface area contributed by atoms with Crippen LogP contribution in [0.1, 0.15) is 27.0 Å². The van der Waals surface area contributed by atoms with Gasteiger partial charge in [0.1, 0.15) is 12.4 Å². The Morgan fingerprint density at radius 1 is 1.00 bits per heavy atom. The van der Waals surface area contributed by atoms with Crippen LogP contribution in [0.3, 0.4) is 0 Å². The second kappa shape index (κ2) is 9.59. The maximum Gasteiger partial charge on any atom is 0.251 e. The first kappa shape index (κ1) is 20.9. The van der Waals surface area contributed by atoms with E-state index >= 15 is 0 Å². The van der Waals surface area contributed by atoms with Crippen molar-refractivity contribution in [3.05, 3.63) is 96.9 Å². The molecule has 3 rings (SSSR count). The maximum atomic E-state index is 12.3. The molecule has 144 valence electrons. The molecule has 3 nitrogen and oxygen atoms in total. The van der Waals surface area contributed by atoms with Gasteiger partial charge >= 0.3 is 0 Å². The van der Waals surface area contributed by atoms with Gasteiger partial charge in [0.2, 0.25) is 0 Å². The highest BCUT2D eigenvalue weighted by atomic mass is 79.9. The number of hydrogen-bond acceptors (Lipinski definition) is 2. The summed E-state index contributed by atoms with van der Waals surface area (Å²) in [5.41, 5.74) is 3.67. The van der Waals surface area contributed by atoms with Gasteiger partial charge in [-0.25, -0.2) is 0 Å². The zero-order chi connectivity index (χ0) is 20.1. The van der Waals surface area contributed by atoms with Gasteiger partial charge in [0, 0.05) is 17.1 Å². The SMILES string of the molecule is Cc1cc(Br)c(OCc2ccc(C(=O)NCc3cccc(Cl)c3)cc2)c(Br)c1. The molecule has 3 aromatic rings. The summed E-state index contributed by atoms with van der Waals surface area (Å²) in [6.45, 7) is 2.86. The molecule has 1 amide bonds. The molecule has 0 aliphatic rings. The number of benzene rings is 3. The van der Waals surface area contributed by atoms with Gasteiger partial charge in [-0.3, -0.25) is 4.79 Å². The van der Waals surface area contributed by atoms with Crippen molar-refractivity contribution in [2.45, 2.75) is 20.1 Å². The summed E-state index contributed by atoms with van der Waals surface area (Å²) < 4.78 is 7.72. The van der Waals surface area contributed by atoms with E-state index in [-0.39, 0.29) is 5.91 Å². The minimum Gasteiger partial charge on any atom is -0.487 e. The van der Waals surface area contributed by atoms with E-state index in [2.05, 4.69) is 37.2 Å². The Morgan fingerprint density at radius 3 is 2.32 bits per heavy atom. The molecular formula is C22H18Br2ClNO2. The number of carbonyl (C=O) groups excluding carboxylic acids is 1. The molecule has 0 radical (unpaired) electrons. The number of rotatable bonds is 6. The van der Waals surface area contributed by atoms with Crippen molar-refractivity contribution in [1.29, 1.82) is 0 Å². The van der Waals surface area contributed by atoms with E-state index in [1.807, 2.05) is 49.4 Å². The summed E-state index contributed by atoms with van der Waals surface area (Å²) in [7, 11) is 0.